The standard InChI is InChI=1S/C10H7NO2/c12-6-9-3-8-5-11-2-1-7(8)4-10(9)13/h1-6,13H. The van der Waals surface area contributed by atoms with E-state index in [0.717, 1.165) is 10.8 Å². The van der Waals surface area contributed by atoms with E-state index in [1.54, 1.807) is 30.6 Å². The van der Waals surface area contributed by atoms with Crippen LogP contribution in [0.1, 0.15) is 10.4 Å². The fourth-order valence-electron chi connectivity index (χ4n) is 1.24. The third-order valence-corrected chi connectivity index (χ3v) is 1.91. The first-order valence-corrected chi connectivity index (χ1v) is 3.83. The van der Waals surface area contributed by atoms with E-state index in [2.05, 4.69) is 4.98 Å². The summed E-state index contributed by atoms with van der Waals surface area (Å²) in [4.78, 5) is 14.4. The molecule has 2 rings (SSSR count). The van der Waals surface area contributed by atoms with Gasteiger partial charge < -0.3 is 5.11 Å². The number of nitrogens with zero attached hydrogens (tertiary/aromatic N) is 1. The lowest BCUT2D eigenvalue weighted by atomic mass is 10.1. The van der Waals surface area contributed by atoms with E-state index in [9.17, 15) is 9.90 Å². The highest BCUT2D eigenvalue weighted by atomic mass is 16.3. The van der Waals surface area contributed by atoms with Crippen LogP contribution < -0.4 is 0 Å². The van der Waals surface area contributed by atoms with Crippen molar-refractivity contribution in [1.29, 1.82) is 0 Å². The second-order valence-corrected chi connectivity index (χ2v) is 2.75. The van der Waals surface area contributed by atoms with Gasteiger partial charge in [0.05, 0.1) is 5.56 Å². The number of hydrogen-bond acceptors (Lipinski definition) is 3. The molecule has 3 heteroatoms. The number of pyridine rings is 1. The zero-order valence-corrected chi connectivity index (χ0v) is 6.77. The molecule has 0 saturated carbocycles. The van der Waals surface area contributed by atoms with Gasteiger partial charge >= 0.3 is 0 Å². The monoisotopic (exact) mass is 173 g/mol. The first-order valence-electron chi connectivity index (χ1n) is 3.83. The normalized spacial score (nSPS) is 10.2. The first kappa shape index (κ1) is 7.73. The smallest absolute Gasteiger partial charge is 0.153 e. The van der Waals surface area contributed by atoms with Crippen molar-refractivity contribution in [2.45, 2.75) is 0 Å². The van der Waals surface area contributed by atoms with E-state index >= 15 is 0 Å². The highest BCUT2D eigenvalue weighted by Gasteiger charge is 2.01. The van der Waals surface area contributed by atoms with Crippen LogP contribution in [0.3, 0.4) is 0 Å². The van der Waals surface area contributed by atoms with Crippen molar-refractivity contribution in [1.82, 2.24) is 4.98 Å². The van der Waals surface area contributed by atoms with E-state index in [-0.39, 0.29) is 5.75 Å². The summed E-state index contributed by atoms with van der Waals surface area (Å²) >= 11 is 0. The Morgan fingerprint density at radius 2 is 2.15 bits per heavy atom. The Morgan fingerprint density at radius 3 is 2.92 bits per heavy atom. The number of aromatic nitrogens is 1. The predicted molar refractivity (Wildman–Crippen MR) is 48.8 cm³/mol. The molecule has 0 fully saturated rings. The minimum absolute atomic E-state index is 0.00806. The van der Waals surface area contributed by atoms with E-state index < -0.39 is 0 Å². The van der Waals surface area contributed by atoms with Crippen LogP contribution in [0.25, 0.3) is 10.8 Å². The molecule has 1 aromatic heterocycles. The number of aldehydes is 1. The quantitative estimate of drug-likeness (QED) is 0.668. The molecule has 3 nitrogen and oxygen atoms in total. The van der Waals surface area contributed by atoms with Crippen molar-refractivity contribution in [2.24, 2.45) is 0 Å². The summed E-state index contributed by atoms with van der Waals surface area (Å²) in [5.41, 5.74) is 0.292. The van der Waals surface area contributed by atoms with Gasteiger partial charge in [-0.2, -0.15) is 0 Å². The van der Waals surface area contributed by atoms with Crippen LogP contribution in [0.5, 0.6) is 5.75 Å². The second-order valence-electron chi connectivity index (χ2n) is 2.75. The van der Waals surface area contributed by atoms with Crippen LogP contribution >= 0.6 is 0 Å². The largest absolute Gasteiger partial charge is 0.507 e. The van der Waals surface area contributed by atoms with Gasteiger partial charge in [-0.25, -0.2) is 0 Å². The summed E-state index contributed by atoms with van der Waals surface area (Å²) in [7, 11) is 0. The fraction of sp³-hybridized carbons (Fsp3) is 0. The topological polar surface area (TPSA) is 50.2 Å². The molecule has 1 heterocycles. The van der Waals surface area contributed by atoms with E-state index in [1.165, 1.54) is 0 Å². The summed E-state index contributed by atoms with van der Waals surface area (Å²) in [6.07, 6.45) is 3.92. The minimum atomic E-state index is 0.00806. The number of aromatic hydroxyl groups is 1. The lowest BCUT2D eigenvalue weighted by Gasteiger charge is -2.00. The Hall–Kier alpha value is -1.90. The molecule has 0 aliphatic rings. The molecule has 0 bridgehead atoms. The predicted octanol–water partition coefficient (Wildman–Crippen LogP) is 1.75. The molecule has 0 atom stereocenters. The Morgan fingerprint density at radius 1 is 1.31 bits per heavy atom. The maximum Gasteiger partial charge on any atom is 0.153 e. The maximum atomic E-state index is 10.5. The highest BCUT2D eigenvalue weighted by Crippen LogP contribution is 2.22. The summed E-state index contributed by atoms with van der Waals surface area (Å²) < 4.78 is 0. The average Bonchev–Trinajstić information content (AvgIpc) is 2.17. The van der Waals surface area contributed by atoms with Crippen molar-refractivity contribution < 1.29 is 9.90 Å². The number of rotatable bonds is 1. The fourth-order valence-corrected chi connectivity index (χ4v) is 1.24. The second kappa shape index (κ2) is 2.86. The highest BCUT2D eigenvalue weighted by molar-refractivity contribution is 5.91. The van der Waals surface area contributed by atoms with Gasteiger partial charge in [0.25, 0.3) is 0 Å². The zero-order chi connectivity index (χ0) is 9.26. The Labute approximate surface area is 74.7 Å². The number of carbonyl (C=O) groups excluding carboxylic acids is 1. The van der Waals surface area contributed by atoms with Crippen LogP contribution in [0.2, 0.25) is 0 Å². The molecule has 13 heavy (non-hydrogen) atoms. The lowest BCUT2D eigenvalue weighted by Crippen LogP contribution is -1.82. The van der Waals surface area contributed by atoms with Crippen molar-refractivity contribution in [3.8, 4) is 5.75 Å². The molecule has 0 radical (unpaired) electrons. The molecular formula is C10H7NO2. The van der Waals surface area contributed by atoms with Gasteiger partial charge in [0.1, 0.15) is 5.75 Å². The van der Waals surface area contributed by atoms with Gasteiger partial charge in [0, 0.05) is 17.8 Å². The number of fused-ring (bicyclic) bond motifs is 1. The van der Waals surface area contributed by atoms with Gasteiger partial charge in [0.2, 0.25) is 0 Å². The molecule has 1 N–H and O–H groups in total. The summed E-state index contributed by atoms with van der Waals surface area (Å²) in [5.74, 6) is 0.00806. The van der Waals surface area contributed by atoms with Crippen LogP contribution in [0, 0.1) is 0 Å². The van der Waals surface area contributed by atoms with Crippen molar-refractivity contribution >= 4 is 17.1 Å². The molecule has 2 aromatic rings. The van der Waals surface area contributed by atoms with Crippen LogP contribution in [0.15, 0.2) is 30.6 Å². The van der Waals surface area contributed by atoms with Crippen LogP contribution in [-0.2, 0) is 0 Å². The zero-order valence-electron chi connectivity index (χ0n) is 6.77. The number of hydrogen-bond donors (Lipinski definition) is 1. The van der Waals surface area contributed by atoms with Crippen LogP contribution in [-0.4, -0.2) is 16.4 Å². The van der Waals surface area contributed by atoms with Crippen molar-refractivity contribution in [2.75, 3.05) is 0 Å². The maximum absolute atomic E-state index is 10.5. The van der Waals surface area contributed by atoms with Crippen molar-refractivity contribution in [3.63, 3.8) is 0 Å². The molecule has 0 unspecified atom stereocenters. The molecule has 1 aromatic carbocycles. The molecule has 64 valence electrons. The van der Waals surface area contributed by atoms with E-state index in [4.69, 9.17) is 0 Å². The number of carbonyl (C=O) groups is 1. The number of benzene rings is 1. The Bertz CT molecular complexity index is 465. The molecule has 0 amide bonds. The third kappa shape index (κ3) is 1.24. The summed E-state index contributed by atoms with van der Waals surface area (Å²) in [6.45, 7) is 0. The summed E-state index contributed by atoms with van der Waals surface area (Å²) in [6, 6.07) is 4.95. The average molecular weight is 173 g/mol. The minimum Gasteiger partial charge on any atom is -0.507 e. The Balaban J connectivity index is 2.81. The third-order valence-electron chi connectivity index (χ3n) is 1.91. The lowest BCUT2D eigenvalue weighted by molar-refractivity contribution is 0.112. The molecule has 0 aliphatic carbocycles. The number of phenols is 1. The van der Waals surface area contributed by atoms with Gasteiger partial charge in [0.15, 0.2) is 6.29 Å². The van der Waals surface area contributed by atoms with E-state index in [0.29, 0.717) is 11.8 Å². The Kier molecular flexibility index (Phi) is 1.70. The van der Waals surface area contributed by atoms with Gasteiger partial charge in [-0.1, -0.05) is 0 Å². The van der Waals surface area contributed by atoms with Gasteiger partial charge in [-0.3, -0.25) is 9.78 Å². The number of phenolic OH excluding ortho intramolecular Hbond substituents is 1. The first-order chi connectivity index (χ1) is 6.31. The van der Waals surface area contributed by atoms with Gasteiger partial charge in [-0.15, -0.1) is 0 Å². The molecule has 0 spiro atoms. The van der Waals surface area contributed by atoms with Gasteiger partial charge in [-0.05, 0) is 23.6 Å². The van der Waals surface area contributed by atoms with Crippen molar-refractivity contribution in [3.05, 3.63) is 36.2 Å². The van der Waals surface area contributed by atoms with E-state index in [1.807, 2.05) is 0 Å². The molecule has 0 saturated heterocycles. The molecular weight excluding hydrogens is 166 g/mol. The molecule has 0 aliphatic heterocycles. The van der Waals surface area contributed by atoms with Crippen LogP contribution in [0.4, 0.5) is 0 Å². The summed E-state index contributed by atoms with van der Waals surface area (Å²) in [5, 5.41) is 11.1. The SMILES string of the molecule is O=Cc1cc2cnccc2cc1O.